The van der Waals surface area contributed by atoms with Gasteiger partial charge in [0.05, 0.1) is 5.88 Å². The summed E-state index contributed by atoms with van der Waals surface area (Å²) in [6.07, 6.45) is 2.36. The van der Waals surface area contributed by atoms with Crippen molar-refractivity contribution in [3.63, 3.8) is 0 Å². The first-order valence-electron chi connectivity index (χ1n) is 5.03. The minimum Gasteiger partial charge on any atom is -0.480 e. The molecule has 1 aliphatic heterocycles. The first-order chi connectivity index (χ1) is 7.18. The third-order valence-corrected chi connectivity index (χ3v) is 3.68. The van der Waals surface area contributed by atoms with Crippen molar-refractivity contribution in [3.05, 3.63) is 0 Å². The summed E-state index contributed by atoms with van der Waals surface area (Å²) in [7, 11) is 0. The van der Waals surface area contributed by atoms with Crippen molar-refractivity contribution in [2.45, 2.75) is 18.9 Å². The number of carbonyl (C=O) groups excluding carboxylic acids is 1. The van der Waals surface area contributed by atoms with Crippen molar-refractivity contribution in [2.75, 3.05) is 18.2 Å². The lowest BCUT2D eigenvalue weighted by Gasteiger charge is -2.20. The zero-order valence-electron chi connectivity index (χ0n) is 8.31. The van der Waals surface area contributed by atoms with Gasteiger partial charge in [0.1, 0.15) is 6.04 Å². The van der Waals surface area contributed by atoms with E-state index in [4.69, 9.17) is 5.11 Å². The van der Waals surface area contributed by atoms with Crippen LogP contribution in [0.2, 0.25) is 0 Å². The van der Waals surface area contributed by atoms with E-state index in [0.29, 0.717) is 24.1 Å². The molecular formula is C9H14N2O3S. The number of hydrogen-bond acceptors (Lipinski definition) is 3. The Bertz CT molecular complexity index is 281. The van der Waals surface area contributed by atoms with Crippen molar-refractivity contribution in [1.29, 1.82) is 0 Å². The lowest BCUT2D eigenvalue weighted by atomic mass is 10.3. The first-order valence-corrected chi connectivity index (χ1v) is 6.19. The molecule has 2 amide bonds. The molecule has 1 atom stereocenters. The van der Waals surface area contributed by atoms with Crippen LogP contribution in [0.15, 0.2) is 0 Å². The maximum Gasteiger partial charge on any atom is 0.327 e. The lowest BCUT2D eigenvalue weighted by Crippen LogP contribution is -2.47. The Balaban J connectivity index is 1.84. The van der Waals surface area contributed by atoms with Crippen LogP contribution < -0.4 is 5.32 Å². The molecule has 0 aromatic carbocycles. The minimum absolute atomic E-state index is 0.237. The molecule has 1 saturated heterocycles. The number of amides is 2. The number of thioether (sulfide) groups is 1. The molecule has 5 nitrogen and oxygen atoms in total. The molecule has 1 saturated carbocycles. The molecule has 2 aliphatic rings. The second kappa shape index (κ2) is 4.30. The Morgan fingerprint density at radius 3 is 2.80 bits per heavy atom. The largest absolute Gasteiger partial charge is 0.480 e. The standard InChI is InChI=1S/C9H14N2O3S/c12-8(13)7-4-15-5-11(7)9(14)10-3-6-1-2-6/h6-7H,1-5H2,(H,10,14)(H,12,13)/t7-/m0/s1. The van der Waals surface area contributed by atoms with E-state index in [9.17, 15) is 9.59 Å². The Labute approximate surface area is 92.2 Å². The van der Waals surface area contributed by atoms with Gasteiger partial charge in [-0.2, -0.15) is 0 Å². The third kappa shape index (κ3) is 2.56. The quantitative estimate of drug-likeness (QED) is 0.743. The zero-order valence-corrected chi connectivity index (χ0v) is 9.13. The highest BCUT2D eigenvalue weighted by Crippen LogP contribution is 2.28. The van der Waals surface area contributed by atoms with Crippen molar-refractivity contribution < 1.29 is 14.7 Å². The number of urea groups is 1. The summed E-state index contributed by atoms with van der Waals surface area (Å²) in [5.74, 6) is 0.675. The van der Waals surface area contributed by atoms with Gasteiger partial charge in [-0.25, -0.2) is 9.59 Å². The van der Waals surface area contributed by atoms with E-state index < -0.39 is 12.0 Å². The van der Waals surface area contributed by atoms with Crippen LogP contribution in [0.5, 0.6) is 0 Å². The molecule has 0 bridgehead atoms. The van der Waals surface area contributed by atoms with E-state index in [2.05, 4.69) is 5.32 Å². The fourth-order valence-corrected chi connectivity index (χ4v) is 2.65. The number of carbonyl (C=O) groups is 2. The van der Waals surface area contributed by atoms with Crippen LogP contribution in [-0.2, 0) is 4.79 Å². The van der Waals surface area contributed by atoms with Gasteiger partial charge in [-0.05, 0) is 18.8 Å². The van der Waals surface area contributed by atoms with Crippen LogP contribution in [0.3, 0.4) is 0 Å². The van der Waals surface area contributed by atoms with Gasteiger partial charge in [0.15, 0.2) is 0 Å². The second-order valence-corrected chi connectivity index (χ2v) is 4.95. The lowest BCUT2D eigenvalue weighted by molar-refractivity contribution is -0.140. The van der Waals surface area contributed by atoms with Crippen molar-refractivity contribution in [2.24, 2.45) is 5.92 Å². The first kappa shape index (κ1) is 10.6. The number of carboxylic acid groups (broad SMARTS) is 1. The summed E-state index contributed by atoms with van der Waals surface area (Å²) in [6.45, 7) is 0.687. The van der Waals surface area contributed by atoms with Crippen molar-refractivity contribution in [3.8, 4) is 0 Å². The molecule has 2 rings (SSSR count). The van der Waals surface area contributed by atoms with E-state index in [-0.39, 0.29) is 6.03 Å². The number of carboxylic acids is 1. The summed E-state index contributed by atoms with van der Waals surface area (Å²) < 4.78 is 0. The number of nitrogens with zero attached hydrogens (tertiary/aromatic N) is 1. The minimum atomic E-state index is -0.915. The van der Waals surface area contributed by atoms with Gasteiger partial charge >= 0.3 is 12.0 Å². The van der Waals surface area contributed by atoms with Crippen LogP contribution in [0.4, 0.5) is 4.79 Å². The normalized spacial score (nSPS) is 25.3. The van der Waals surface area contributed by atoms with Crippen LogP contribution in [-0.4, -0.2) is 46.2 Å². The topological polar surface area (TPSA) is 69.6 Å². The molecule has 0 aromatic heterocycles. The average molecular weight is 230 g/mol. The number of rotatable bonds is 3. The highest BCUT2D eigenvalue weighted by atomic mass is 32.2. The van der Waals surface area contributed by atoms with Gasteiger partial charge in [-0.3, -0.25) is 0 Å². The molecule has 0 aromatic rings. The molecule has 2 N–H and O–H groups in total. The molecule has 1 heterocycles. The molecule has 0 spiro atoms. The maximum absolute atomic E-state index is 11.6. The fourth-order valence-electron chi connectivity index (χ4n) is 1.50. The van der Waals surface area contributed by atoms with E-state index in [1.807, 2.05) is 0 Å². The highest BCUT2D eigenvalue weighted by Gasteiger charge is 2.35. The number of hydrogen-bond donors (Lipinski definition) is 2. The third-order valence-electron chi connectivity index (χ3n) is 2.67. The van der Waals surface area contributed by atoms with Gasteiger partial charge < -0.3 is 15.3 Å². The predicted octanol–water partition coefficient (Wildman–Crippen LogP) is 0.565. The molecule has 0 radical (unpaired) electrons. The van der Waals surface area contributed by atoms with Crippen LogP contribution in [0.25, 0.3) is 0 Å². The summed E-state index contributed by atoms with van der Waals surface area (Å²) >= 11 is 1.48. The summed E-state index contributed by atoms with van der Waals surface area (Å²) in [5.41, 5.74) is 0. The molecule has 15 heavy (non-hydrogen) atoms. The highest BCUT2D eigenvalue weighted by molar-refractivity contribution is 7.99. The number of nitrogens with one attached hydrogen (secondary N) is 1. The van der Waals surface area contributed by atoms with Gasteiger partial charge in [0.2, 0.25) is 0 Å². The SMILES string of the molecule is O=C(O)[C@@H]1CSCN1C(=O)NCC1CC1. The summed E-state index contributed by atoms with van der Waals surface area (Å²) in [4.78, 5) is 23.9. The zero-order chi connectivity index (χ0) is 10.8. The Morgan fingerprint density at radius 1 is 1.47 bits per heavy atom. The van der Waals surface area contributed by atoms with Crippen LogP contribution in [0.1, 0.15) is 12.8 Å². The average Bonchev–Trinajstić information content (AvgIpc) is 2.88. The monoisotopic (exact) mass is 230 g/mol. The van der Waals surface area contributed by atoms with Crippen LogP contribution >= 0.6 is 11.8 Å². The molecule has 1 aliphatic carbocycles. The predicted molar refractivity (Wildman–Crippen MR) is 56.7 cm³/mol. The Morgan fingerprint density at radius 2 is 2.20 bits per heavy atom. The van der Waals surface area contributed by atoms with Gasteiger partial charge in [0, 0.05) is 12.3 Å². The molecular weight excluding hydrogens is 216 g/mol. The summed E-state index contributed by atoms with van der Waals surface area (Å²) in [5, 5.41) is 11.7. The Hall–Kier alpha value is -0.910. The van der Waals surface area contributed by atoms with E-state index in [0.717, 1.165) is 0 Å². The van der Waals surface area contributed by atoms with Crippen LogP contribution in [0, 0.1) is 5.92 Å². The number of aliphatic carboxylic acids is 1. The maximum atomic E-state index is 11.6. The molecule has 0 unspecified atom stereocenters. The fraction of sp³-hybridized carbons (Fsp3) is 0.778. The smallest absolute Gasteiger partial charge is 0.327 e. The van der Waals surface area contributed by atoms with Gasteiger partial charge in [0.25, 0.3) is 0 Å². The second-order valence-electron chi connectivity index (χ2n) is 3.95. The van der Waals surface area contributed by atoms with Gasteiger partial charge in [-0.1, -0.05) is 0 Å². The molecule has 6 heteroatoms. The van der Waals surface area contributed by atoms with E-state index in [1.54, 1.807) is 0 Å². The van der Waals surface area contributed by atoms with E-state index >= 15 is 0 Å². The van der Waals surface area contributed by atoms with Gasteiger partial charge in [-0.15, -0.1) is 11.8 Å². The van der Waals surface area contributed by atoms with Crippen molar-refractivity contribution in [1.82, 2.24) is 10.2 Å². The van der Waals surface area contributed by atoms with E-state index in [1.165, 1.54) is 29.5 Å². The molecule has 84 valence electrons. The summed E-state index contributed by atoms with van der Waals surface area (Å²) in [6, 6.07) is -0.895. The molecule has 2 fully saturated rings. The van der Waals surface area contributed by atoms with Crippen molar-refractivity contribution >= 4 is 23.8 Å². The Kier molecular flexibility index (Phi) is 3.04.